The van der Waals surface area contributed by atoms with Gasteiger partial charge in [-0.1, -0.05) is 78.9 Å². The van der Waals surface area contributed by atoms with Crippen LogP contribution in [0.25, 0.3) is 23.8 Å². The Kier molecular flexibility index (Phi) is 9.17. The Morgan fingerprint density at radius 2 is 0.884 bits per heavy atom. The lowest BCUT2D eigenvalue weighted by Gasteiger charge is -2.24. The van der Waals surface area contributed by atoms with Crippen LogP contribution in [0, 0.1) is 0 Å². The van der Waals surface area contributed by atoms with E-state index in [4.69, 9.17) is 4.74 Å². The van der Waals surface area contributed by atoms with E-state index in [0.717, 1.165) is 28.0 Å². The maximum Gasteiger partial charge on any atom is 0.143 e. The van der Waals surface area contributed by atoms with Crippen LogP contribution in [0.4, 0.5) is 17.1 Å². The molecule has 0 aliphatic carbocycles. The smallest absolute Gasteiger partial charge is 0.143 e. The quantitative estimate of drug-likeness (QED) is 0.188. The highest BCUT2D eigenvalue weighted by Gasteiger charge is 2.18. The van der Waals surface area contributed by atoms with Gasteiger partial charge >= 0.3 is 0 Å². The number of benzene rings is 4. The van der Waals surface area contributed by atoms with Gasteiger partial charge in [0, 0.05) is 59.3 Å². The van der Waals surface area contributed by atoms with E-state index in [1.54, 1.807) is 0 Å². The van der Waals surface area contributed by atoms with E-state index >= 15 is 0 Å². The molecule has 4 aromatic carbocycles. The molecule has 218 valence electrons. The summed E-state index contributed by atoms with van der Waals surface area (Å²) < 4.78 is 6.50. The molecule has 0 amide bonds. The van der Waals surface area contributed by atoms with E-state index < -0.39 is 0 Å². The van der Waals surface area contributed by atoms with Gasteiger partial charge in [-0.2, -0.15) is 0 Å². The minimum atomic E-state index is -0.177. The number of nitrogens with zero attached hydrogens (tertiary/aromatic N) is 3. The molecule has 0 bridgehead atoms. The number of allylic oxidation sites excluding steroid dienone is 3. The lowest BCUT2D eigenvalue weighted by molar-refractivity contribution is 0.165. The number of anilines is 3. The van der Waals surface area contributed by atoms with Crippen molar-refractivity contribution in [3.8, 4) is 0 Å². The van der Waals surface area contributed by atoms with Crippen molar-refractivity contribution in [3.63, 3.8) is 0 Å². The average molecular weight is 568 g/mol. The summed E-state index contributed by atoms with van der Waals surface area (Å²) >= 11 is 0. The molecule has 4 heteroatoms. The van der Waals surface area contributed by atoms with Gasteiger partial charge in [0.1, 0.15) is 11.9 Å². The zero-order valence-electron chi connectivity index (χ0n) is 26.0. The van der Waals surface area contributed by atoms with E-state index in [2.05, 4.69) is 191 Å². The maximum absolute atomic E-state index is 6.50. The molecule has 1 aliphatic heterocycles. The number of ether oxygens (including phenoxy) is 1. The molecule has 0 fully saturated rings. The third-order valence-electron chi connectivity index (χ3n) is 7.60. The van der Waals surface area contributed by atoms with Crippen molar-refractivity contribution in [2.45, 2.75) is 6.10 Å². The van der Waals surface area contributed by atoms with Crippen molar-refractivity contribution in [2.24, 2.45) is 0 Å². The van der Waals surface area contributed by atoms with Crippen molar-refractivity contribution >= 4 is 40.9 Å². The van der Waals surface area contributed by atoms with Gasteiger partial charge in [0.2, 0.25) is 0 Å². The van der Waals surface area contributed by atoms with Crippen LogP contribution in [0.15, 0.2) is 121 Å². The first kappa shape index (κ1) is 29.5. The third kappa shape index (κ3) is 7.66. The van der Waals surface area contributed by atoms with Crippen molar-refractivity contribution < 1.29 is 4.74 Å². The zero-order valence-corrected chi connectivity index (χ0v) is 26.0. The summed E-state index contributed by atoms with van der Waals surface area (Å²) in [7, 11) is 12.3. The lowest BCUT2D eigenvalue weighted by atomic mass is 9.97. The van der Waals surface area contributed by atoms with Gasteiger partial charge in [0.15, 0.2) is 0 Å². The second kappa shape index (κ2) is 13.3. The summed E-state index contributed by atoms with van der Waals surface area (Å²) in [5, 5.41) is 0. The van der Waals surface area contributed by atoms with Crippen LogP contribution in [-0.4, -0.2) is 42.3 Å². The second-order valence-electron chi connectivity index (χ2n) is 11.5. The molecule has 0 spiro atoms. The summed E-state index contributed by atoms with van der Waals surface area (Å²) in [6, 6.07) is 34.4. The van der Waals surface area contributed by atoms with Crippen LogP contribution in [-0.2, 0) is 4.74 Å². The molecule has 43 heavy (non-hydrogen) atoms. The van der Waals surface area contributed by atoms with Crippen molar-refractivity contribution in [2.75, 3.05) is 57.0 Å². The molecule has 0 saturated heterocycles. The first-order valence-corrected chi connectivity index (χ1v) is 14.6. The van der Waals surface area contributed by atoms with Gasteiger partial charge in [-0.15, -0.1) is 0 Å². The summed E-state index contributed by atoms with van der Waals surface area (Å²) in [5.41, 5.74) is 10.4. The number of hydrogen-bond acceptors (Lipinski definition) is 4. The van der Waals surface area contributed by atoms with E-state index in [1.807, 2.05) is 0 Å². The van der Waals surface area contributed by atoms with Gasteiger partial charge in [0.05, 0.1) is 0 Å². The fourth-order valence-corrected chi connectivity index (χ4v) is 4.90. The molecule has 0 radical (unpaired) electrons. The summed E-state index contributed by atoms with van der Waals surface area (Å²) in [4.78, 5) is 6.33. The standard InChI is InChI=1S/C39H41N3O/c1-40(2)35-20-13-31(14-21-35)12-9-29-7-10-30(11-8-29)15-26-38-27-34(32-16-22-36(23-17-32)41(3)4)28-39(43-38)33-18-24-37(25-19-33)42(5)6/h7-28,39H,1-6H3. The van der Waals surface area contributed by atoms with Crippen LogP contribution < -0.4 is 14.7 Å². The van der Waals surface area contributed by atoms with Crippen molar-refractivity contribution in [1.82, 2.24) is 0 Å². The highest BCUT2D eigenvalue weighted by atomic mass is 16.5. The van der Waals surface area contributed by atoms with E-state index in [9.17, 15) is 0 Å². The lowest BCUT2D eigenvalue weighted by Crippen LogP contribution is -2.10. The Hall–Kier alpha value is -4.96. The first-order valence-electron chi connectivity index (χ1n) is 14.6. The van der Waals surface area contributed by atoms with Crippen LogP contribution >= 0.6 is 0 Å². The van der Waals surface area contributed by atoms with E-state index in [1.165, 1.54) is 28.2 Å². The molecule has 5 rings (SSSR count). The number of rotatable bonds is 9. The molecular formula is C39H41N3O. The fraction of sp³-hybridized carbons (Fsp3) is 0.179. The monoisotopic (exact) mass is 567 g/mol. The Bertz CT molecular complexity index is 1620. The zero-order chi connectivity index (χ0) is 30.3. The molecule has 1 atom stereocenters. The van der Waals surface area contributed by atoms with Crippen LogP contribution in [0.3, 0.4) is 0 Å². The Balaban J connectivity index is 1.34. The topological polar surface area (TPSA) is 19.0 Å². The Morgan fingerprint density at radius 1 is 0.488 bits per heavy atom. The second-order valence-corrected chi connectivity index (χ2v) is 11.5. The fourth-order valence-electron chi connectivity index (χ4n) is 4.90. The summed E-state index contributed by atoms with van der Waals surface area (Å²) in [5.74, 6) is 0.834. The predicted molar refractivity (Wildman–Crippen MR) is 187 cm³/mol. The predicted octanol–water partition coefficient (Wildman–Crippen LogP) is 8.81. The van der Waals surface area contributed by atoms with Crippen molar-refractivity contribution in [3.05, 3.63) is 149 Å². The molecule has 0 saturated carbocycles. The molecule has 4 aromatic rings. The number of hydrogen-bond donors (Lipinski definition) is 0. The normalized spacial score (nSPS) is 14.8. The molecule has 0 aromatic heterocycles. The Labute approximate surface area is 257 Å². The van der Waals surface area contributed by atoms with Gasteiger partial charge in [-0.25, -0.2) is 0 Å². The highest BCUT2D eigenvalue weighted by molar-refractivity contribution is 5.78. The summed E-state index contributed by atoms with van der Waals surface area (Å²) in [6.07, 6.45) is 12.6. The van der Waals surface area contributed by atoms with Gasteiger partial charge in [-0.3, -0.25) is 0 Å². The van der Waals surface area contributed by atoms with Crippen LogP contribution in [0.2, 0.25) is 0 Å². The average Bonchev–Trinajstić information content (AvgIpc) is 3.03. The Morgan fingerprint density at radius 3 is 1.35 bits per heavy atom. The highest BCUT2D eigenvalue weighted by Crippen LogP contribution is 2.34. The summed E-state index contributed by atoms with van der Waals surface area (Å²) in [6.45, 7) is 0. The van der Waals surface area contributed by atoms with Crippen LogP contribution in [0.5, 0.6) is 0 Å². The molecule has 0 N–H and O–H groups in total. The van der Waals surface area contributed by atoms with Gasteiger partial charge < -0.3 is 19.4 Å². The molecule has 1 heterocycles. The third-order valence-corrected chi connectivity index (χ3v) is 7.60. The largest absolute Gasteiger partial charge is 0.482 e. The van der Waals surface area contributed by atoms with E-state index in [0.29, 0.717) is 0 Å². The molecule has 4 nitrogen and oxygen atoms in total. The maximum atomic E-state index is 6.50. The van der Waals surface area contributed by atoms with Crippen LogP contribution in [0.1, 0.15) is 33.9 Å². The minimum Gasteiger partial charge on any atom is -0.482 e. The molecule has 1 aliphatic rings. The SMILES string of the molecule is CN(C)c1ccc(C=Cc2ccc(C=CC3=CC(c4ccc(N(C)C)cc4)=CC(c4ccc(N(C)C)cc4)O3)cc2)cc1. The first-order chi connectivity index (χ1) is 20.7. The van der Waals surface area contributed by atoms with Crippen molar-refractivity contribution in [1.29, 1.82) is 0 Å². The van der Waals surface area contributed by atoms with E-state index in [-0.39, 0.29) is 6.10 Å². The van der Waals surface area contributed by atoms with Gasteiger partial charge in [-0.05, 0) is 88.0 Å². The molecule has 1 unspecified atom stereocenters. The minimum absolute atomic E-state index is 0.177. The molecular weight excluding hydrogens is 526 g/mol. The van der Waals surface area contributed by atoms with Gasteiger partial charge in [0.25, 0.3) is 0 Å².